The van der Waals surface area contributed by atoms with Gasteiger partial charge in [0.25, 0.3) is 0 Å². The minimum atomic E-state index is -0.507. The van der Waals surface area contributed by atoms with Gasteiger partial charge in [-0.3, -0.25) is 14.9 Å². The fourth-order valence-electron chi connectivity index (χ4n) is 3.28. The lowest BCUT2D eigenvalue weighted by Crippen LogP contribution is -2.40. The molecule has 1 N–H and O–H groups in total. The highest BCUT2D eigenvalue weighted by atomic mass is 16.6. The number of rotatable bonds is 1. The van der Waals surface area contributed by atoms with Crippen LogP contribution in [0.25, 0.3) is 0 Å². The van der Waals surface area contributed by atoms with Gasteiger partial charge in [0.1, 0.15) is 5.60 Å². The molecule has 1 saturated heterocycles. The number of nitrogens with zero attached hydrogens (tertiary/aromatic N) is 1. The highest BCUT2D eigenvalue weighted by Gasteiger charge is 2.30. The van der Waals surface area contributed by atoms with Crippen molar-refractivity contribution in [2.45, 2.75) is 58.1 Å². The maximum atomic E-state index is 12.2. The lowest BCUT2D eigenvalue weighted by Gasteiger charge is -2.32. The van der Waals surface area contributed by atoms with Crippen molar-refractivity contribution in [1.29, 1.82) is 0 Å². The molecule has 0 spiro atoms. The van der Waals surface area contributed by atoms with E-state index in [9.17, 15) is 14.4 Å². The Balaban J connectivity index is 1.72. The van der Waals surface area contributed by atoms with E-state index in [1.54, 1.807) is 4.90 Å². The van der Waals surface area contributed by atoms with Crippen molar-refractivity contribution in [3.8, 4) is 0 Å². The molecule has 0 saturated carbocycles. The van der Waals surface area contributed by atoms with Crippen LogP contribution in [0.3, 0.4) is 0 Å². The number of benzene rings is 1. The third-order valence-electron chi connectivity index (χ3n) is 4.54. The van der Waals surface area contributed by atoms with Crippen molar-refractivity contribution in [3.05, 3.63) is 34.9 Å². The SMILES string of the molecule is CC(C)(C)OC(=O)N1CCc2cc(C3CCC(=O)NC3=O)ccc2C1. The molecule has 6 nitrogen and oxygen atoms in total. The number of carbonyl (C=O) groups is 3. The highest BCUT2D eigenvalue weighted by Crippen LogP contribution is 2.29. The molecule has 0 aromatic heterocycles. The first kappa shape index (κ1) is 17.5. The summed E-state index contributed by atoms with van der Waals surface area (Å²) < 4.78 is 5.44. The van der Waals surface area contributed by atoms with Gasteiger partial charge in [-0.05, 0) is 50.3 Å². The number of hydrogen-bond acceptors (Lipinski definition) is 4. The fraction of sp³-hybridized carbons (Fsp3) is 0.526. The minimum absolute atomic E-state index is 0.202. The number of nitrogens with one attached hydrogen (secondary N) is 1. The summed E-state index contributed by atoms with van der Waals surface area (Å²) in [4.78, 5) is 37.3. The lowest BCUT2D eigenvalue weighted by atomic mass is 9.87. The summed E-state index contributed by atoms with van der Waals surface area (Å²) in [5, 5.41) is 2.40. The first-order valence-electron chi connectivity index (χ1n) is 8.66. The van der Waals surface area contributed by atoms with Crippen molar-refractivity contribution in [1.82, 2.24) is 10.2 Å². The Kier molecular flexibility index (Phi) is 4.54. The van der Waals surface area contributed by atoms with E-state index in [0.29, 0.717) is 25.9 Å². The molecular formula is C19H24N2O4. The Hall–Kier alpha value is -2.37. The molecule has 134 valence electrons. The van der Waals surface area contributed by atoms with Crippen LogP contribution in [0.15, 0.2) is 18.2 Å². The largest absolute Gasteiger partial charge is 0.444 e. The third kappa shape index (κ3) is 4.00. The van der Waals surface area contributed by atoms with E-state index in [1.807, 2.05) is 39.0 Å². The van der Waals surface area contributed by atoms with Gasteiger partial charge < -0.3 is 9.64 Å². The molecule has 1 atom stereocenters. The standard InChI is InChI=1S/C19H24N2O4/c1-19(2,3)25-18(24)21-9-8-12-10-13(4-5-14(12)11-21)15-6-7-16(22)20-17(15)23/h4-5,10,15H,6-9,11H2,1-3H3,(H,20,22,23). The van der Waals surface area contributed by atoms with Gasteiger partial charge in [0.05, 0.1) is 5.92 Å². The molecule has 25 heavy (non-hydrogen) atoms. The number of ether oxygens (including phenoxy) is 1. The summed E-state index contributed by atoms with van der Waals surface area (Å²) in [5.74, 6) is -0.693. The fourth-order valence-corrected chi connectivity index (χ4v) is 3.28. The average molecular weight is 344 g/mol. The number of hydrogen-bond donors (Lipinski definition) is 1. The molecule has 3 rings (SSSR count). The maximum Gasteiger partial charge on any atom is 0.410 e. The monoisotopic (exact) mass is 344 g/mol. The van der Waals surface area contributed by atoms with Crippen LogP contribution in [0.5, 0.6) is 0 Å². The third-order valence-corrected chi connectivity index (χ3v) is 4.54. The van der Waals surface area contributed by atoms with E-state index in [-0.39, 0.29) is 23.8 Å². The van der Waals surface area contributed by atoms with Crippen LogP contribution < -0.4 is 5.32 Å². The van der Waals surface area contributed by atoms with Crippen LogP contribution in [-0.4, -0.2) is 35.0 Å². The molecule has 1 aromatic rings. The first-order valence-corrected chi connectivity index (χ1v) is 8.66. The zero-order chi connectivity index (χ0) is 18.2. The molecule has 0 bridgehead atoms. The smallest absolute Gasteiger partial charge is 0.410 e. The summed E-state index contributed by atoms with van der Waals surface area (Å²) in [6.45, 7) is 6.68. The Morgan fingerprint density at radius 1 is 1.20 bits per heavy atom. The zero-order valence-electron chi connectivity index (χ0n) is 14.9. The Morgan fingerprint density at radius 3 is 2.64 bits per heavy atom. The van der Waals surface area contributed by atoms with Crippen LogP contribution in [-0.2, 0) is 27.3 Å². The second kappa shape index (κ2) is 6.50. The molecule has 1 aromatic carbocycles. The summed E-state index contributed by atoms with van der Waals surface area (Å²) in [5.41, 5.74) is 2.66. The molecule has 1 unspecified atom stereocenters. The van der Waals surface area contributed by atoms with Gasteiger partial charge in [0.15, 0.2) is 0 Å². The van der Waals surface area contributed by atoms with Gasteiger partial charge in [-0.1, -0.05) is 18.2 Å². The van der Waals surface area contributed by atoms with Gasteiger partial charge in [0.2, 0.25) is 11.8 Å². The molecule has 1 fully saturated rings. The van der Waals surface area contributed by atoms with E-state index >= 15 is 0 Å². The van der Waals surface area contributed by atoms with Gasteiger partial charge in [-0.25, -0.2) is 4.79 Å². The first-order chi connectivity index (χ1) is 11.7. The number of fused-ring (bicyclic) bond motifs is 1. The van der Waals surface area contributed by atoms with E-state index in [1.165, 1.54) is 0 Å². The summed E-state index contributed by atoms with van der Waals surface area (Å²) in [6, 6.07) is 5.95. The van der Waals surface area contributed by atoms with Crippen LogP contribution in [0.2, 0.25) is 0 Å². The molecule has 0 radical (unpaired) electrons. The van der Waals surface area contributed by atoms with Gasteiger partial charge in [0, 0.05) is 19.5 Å². The number of piperidine rings is 1. The van der Waals surface area contributed by atoms with Crippen LogP contribution >= 0.6 is 0 Å². The van der Waals surface area contributed by atoms with E-state index in [0.717, 1.165) is 23.1 Å². The van der Waals surface area contributed by atoms with Crippen molar-refractivity contribution in [2.24, 2.45) is 0 Å². The van der Waals surface area contributed by atoms with Crippen LogP contribution in [0.4, 0.5) is 4.79 Å². The van der Waals surface area contributed by atoms with Gasteiger partial charge >= 0.3 is 6.09 Å². The Morgan fingerprint density at radius 2 is 1.96 bits per heavy atom. The number of imide groups is 1. The summed E-state index contributed by atoms with van der Waals surface area (Å²) in [6.07, 6.45) is 1.36. The van der Waals surface area contributed by atoms with Crippen molar-refractivity contribution in [2.75, 3.05) is 6.54 Å². The molecule has 0 aliphatic carbocycles. The van der Waals surface area contributed by atoms with Gasteiger partial charge in [-0.15, -0.1) is 0 Å². The number of carbonyl (C=O) groups excluding carboxylic acids is 3. The Labute approximate surface area is 147 Å². The predicted octanol–water partition coefficient (Wildman–Crippen LogP) is 2.50. The molecule has 6 heteroatoms. The maximum absolute atomic E-state index is 12.2. The Bertz CT molecular complexity index is 721. The van der Waals surface area contributed by atoms with E-state index < -0.39 is 5.60 Å². The predicted molar refractivity (Wildman–Crippen MR) is 91.9 cm³/mol. The highest BCUT2D eigenvalue weighted by molar-refractivity contribution is 6.00. The van der Waals surface area contributed by atoms with Crippen molar-refractivity contribution in [3.63, 3.8) is 0 Å². The molecule has 3 amide bonds. The second-order valence-electron chi connectivity index (χ2n) is 7.68. The van der Waals surface area contributed by atoms with Crippen molar-refractivity contribution < 1.29 is 19.1 Å². The van der Waals surface area contributed by atoms with Crippen molar-refractivity contribution >= 4 is 17.9 Å². The van der Waals surface area contributed by atoms with E-state index in [2.05, 4.69) is 5.32 Å². The lowest BCUT2D eigenvalue weighted by molar-refractivity contribution is -0.134. The van der Waals surface area contributed by atoms with Gasteiger partial charge in [-0.2, -0.15) is 0 Å². The van der Waals surface area contributed by atoms with E-state index in [4.69, 9.17) is 4.74 Å². The molecule has 2 aliphatic rings. The molecular weight excluding hydrogens is 320 g/mol. The summed E-state index contributed by atoms with van der Waals surface area (Å²) >= 11 is 0. The number of amides is 3. The molecule has 2 aliphatic heterocycles. The second-order valence-corrected chi connectivity index (χ2v) is 7.68. The topological polar surface area (TPSA) is 75.7 Å². The summed E-state index contributed by atoms with van der Waals surface area (Å²) in [7, 11) is 0. The average Bonchev–Trinajstić information content (AvgIpc) is 2.52. The molecule has 2 heterocycles. The quantitative estimate of drug-likeness (QED) is 0.794. The van der Waals surface area contributed by atoms with Crippen LogP contribution in [0, 0.1) is 0 Å². The normalized spacial score (nSPS) is 20.8. The van der Waals surface area contributed by atoms with Crippen LogP contribution in [0.1, 0.15) is 56.2 Å². The minimum Gasteiger partial charge on any atom is -0.444 e. The zero-order valence-corrected chi connectivity index (χ0v) is 14.9.